The van der Waals surface area contributed by atoms with E-state index in [2.05, 4.69) is 34.8 Å². The number of alkyl halides is 6. The van der Waals surface area contributed by atoms with Crippen LogP contribution in [0, 0.1) is 10.1 Å². The Morgan fingerprint density at radius 2 is 1.31 bits per heavy atom. The molecule has 0 aromatic rings. The molecular formula is C6H11Cl3F3NO3. The molecule has 0 unspecified atom stereocenters. The van der Waals surface area contributed by atoms with Crippen LogP contribution in [0.15, 0.2) is 0 Å². The topological polar surface area (TPSA) is 63.4 Å². The van der Waals surface area contributed by atoms with Crippen LogP contribution in [0.5, 0.6) is 0 Å². The van der Waals surface area contributed by atoms with Gasteiger partial charge in [0, 0.05) is 11.0 Å². The van der Waals surface area contributed by atoms with Gasteiger partial charge < -0.3 is 5.11 Å². The Morgan fingerprint density at radius 3 is 1.31 bits per heavy atom. The van der Waals surface area contributed by atoms with E-state index in [9.17, 15) is 13.2 Å². The Balaban J connectivity index is -0.000000179. The third-order valence-corrected chi connectivity index (χ3v) is 0.964. The van der Waals surface area contributed by atoms with Crippen LogP contribution in [0.1, 0.15) is 13.8 Å². The molecule has 0 radical (unpaired) electrons. The van der Waals surface area contributed by atoms with Crippen molar-refractivity contribution >= 4 is 34.8 Å². The van der Waals surface area contributed by atoms with E-state index in [0.717, 1.165) is 7.05 Å². The maximum absolute atomic E-state index is 11.2. The zero-order valence-corrected chi connectivity index (χ0v) is 10.8. The number of hydrogen-bond acceptors (Lipinski definition) is 3. The van der Waals surface area contributed by atoms with Crippen LogP contribution in [-0.4, -0.2) is 33.2 Å². The number of rotatable bonds is 0. The van der Waals surface area contributed by atoms with Gasteiger partial charge in [-0.1, -0.05) is 34.8 Å². The van der Waals surface area contributed by atoms with Crippen LogP contribution >= 0.6 is 34.8 Å². The van der Waals surface area contributed by atoms with E-state index < -0.39 is 14.9 Å². The molecule has 0 fully saturated rings. The minimum absolute atomic E-state index is 0.167. The summed E-state index contributed by atoms with van der Waals surface area (Å²) in [6, 6.07) is 0. The molecule has 0 heterocycles. The fourth-order valence-corrected chi connectivity index (χ4v) is 0. The summed E-state index contributed by atoms with van der Waals surface area (Å²) in [5, 5.41) is 16.9. The van der Waals surface area contributed by atoms with Crippen molar-refractivity contribution in [2.45, 2.75) is 29.9 Å². The predicted octanol–water partition coefficient (Wildman–Crippen LogP) is 3.20. The molecule has 0 saturated heterocycles. The van der Waals surface area contributed by atoms with E-state index in [1.165, 1.54) is 0 Å². The van der Waals surface area contributed by atoms with Crippen LogP contribution in [0.4, 0.5) is 13.2 Å². The maximum atomic E-state index is 11.2. The summed E-state index contributed by atoms with van der Waals surface area (Å²) in [5.74, 6) is 0. The second-order valence-electron chi connectivity index (χ2n) is 2.53. The van der Waals surface area contributed by atoms with Gasteiger partial charge in [-0.2, -0.15) is 13.2 Å². The Labute approximate surface area is 105 Å². The lowest BCUT2D eigenvalue weighted by molar-refractivity contribution is -0.445. The molecule has 0 rings (SSSR count). The second kappa shape index (κ2) is 9.09. The molecule has 100 valence electrons. The molecule has 0 spiro atoms. The van der Waals surface area contributed by atoms with Crippen molar-refractivity contribution < 1.29 is 23.2 Å². The molecule has 0 bridgehead atoms. The Kier molecular flexibility index (Phi) is 12.1. The molecule has 4 nitrogen and oxygen atoms in total. The number of hydrogen-bond donors (Lipinski definition) is 1. The van der Waals surface area contributed by atoms with Gasteiger partial charge in [0.1, 0.15) is 0 Å². The third-order valence-electron chi connectivity index (χ3n) is 0.321. The summed E-state index contributed by atoms with van der Waals surface area (Å²) in [7, 11) is 0.889. The molecule has 0 aromatic carbocycles. The van der Waals surface area contributed by atoms with E-state index in [1.54, 1.807) is 13.8 Å². The zero-order valence-electron chi connectivity index (χ0n) is 8.56. The van der Waals surface area contributed by atoms with Crippen LogP contribution in [0.2, 0.25) is 0 Å². The van der Waals surface area contributed by atoms with Crippen LogP contribution in [0.25, 0.3) is 0 Å². The van der Waals surface area contributed by atoms with E-state index in [1.807, 2.05) is 0 Å². The van der Waals surface area contributed by atoms with Crippen LogP contribution in [-0.2, 0) is 0 Å². The zero-order chi connectivity index (χ0) is 14.2. The van der Waals surface area contributed by atoms with Crippen molar-refractivity contribution in [1.82, 2.24) is 0 Å². The molecule has 10 heteroatoms. The minimum atomic E-state index is -4.77. The maximum Gasteiger partial charge on any atom is 0.435 e. The first-order valence-electron chi connectivity index (χ1n) is 3.61. The summed E-state index contributed by atoms with van der Waals surface area (Å²) in [4.78, 5) is 8.31. The monoisotopic (exact) mass is 307 g/mol. The number of aliphatic hydroxyl groups excluding tert-OH is 1. The van der Waals surface area contributed by atoms with Crippen LogP contribution in [0.3, 0.4) is 0 Å². The van der Waals surface area contributed by atoms with Gasteiger partial charge in [-0.3, -0.25) is 10.1 Å². The SMILES string of the molecule is CC(C)O.C[N+](=O)[O-].FC(F)(F)C(Cl)(Cl)Cl. The van der Waals surface area contributed by atoms with Crippen molar-refractivity contribution in [3.63, 3.8) is 0 Å². The molecule has 0 aliphatic carbocycles. The van der Waals surface area contributed by atoms with E-state index >= 15 is 0 Å². The van der Waals surface area contributed by atoms with Crippen molar-refractivity contribution in [3.8, 4) is 0 Å². The lowest BCUT2D eigenvalue weighted by atomic mass is 10.5. The van der Waals surface area contributed by atoms with E-state index in [4.69, 9.17) is 15.2 Å². The first-order chi connectivity index (χ1) is 6.71. The van der Waals surface area contributed by atoms with Crippen LogP contribution < -0.4 is 0 Å². The molecule has 0 saturated carbocycles. The summed E-state index contributed by atoms with van der Waals surface area (Å²) in [6.07, 6.45) is -4.93. The Hall–Kier alpha value is 0.0200. The van der Waals surface area contributed by atoms with Crippen molar-refractivity contribution in [2.24, 2.45) is 0 Å². The lowest BCUT2D eigenvalue weighted by Gasteiger charge is -2.13. The van der Waals surface area contributed by atoms with Gasteiger partial charge in [0.15, 0.2) is 7.05 Å². The second-order valence-corrected chi connectivity index (χ2v) is 4.81. The van der Waals surface area contributed by atoms with Gasteiger partial charge in [0.05, 0.1) is 0 Å². The molecule has 1 N–H and O–H groups in total. The highest BCUT2D eigenvalue weighted by molar-refractivity contribution is 6.68. The predicted molar refractivity (Wildman–Crippen MR) is 56.6 cm³/mol. The Morgan fingerprint density at radius 1 is 1.25 bits per heavy atom. The first-order valence-corrected chi connectivity index (χ1v) is 4.74. The lowest BCUT2D eigenvalue weighted by Crippen LogP contribution is -2.27. The first kappa shape index (κ1) is 21.3. The third kappa shape index (κ3) is 29.2. The quantitative estimate of drug-likeness (QED) is 0.424. The highest BCUT2D eigenvalue weighted by Crippen LogP contribution is 2.42. The fraction of sp³-hybridized carbons (Fsp3) is 1.00. The average molecular weight is 309 g/mol. The largest absolute Gasteiger partial charge is 0.435 e. The highest BCUT2D eigenvalue weighted by atomic mass is 35.6. The number of nitrogens with zero attached hydrogens (tertiary/aromatic N) is 1. The number of halogens is 6. The summed E-state index contributed by atoms with van der Waals surface area (Å²) in [5.41, 5.74) is 0. The molecule has 0 aliphatic rings. The van der Waals surface area contributed by atoms with Crippen molar-refractivity contribution in [2.75, 3.05) is 7.05 Å². The number of nitro groups is 1. The molecule has 0 amide bonds. The molecular weight excluding hydrogens is 297 g/mol. The summed E-state index contributed by atoms with van der Waals surface area (Å²) < 4.78 is 30.4. The minimum Gasteiger partial charge on any atom is -0.394 e. The normalized spacial score (nSPS) is 10.9. The van der Waals surface area contributed by atoms with E-state index in [0.29, 0.717) is 0 Å². The van der Waals surface area contributed by atoms with Gasteiger partial charge in [-0.25, -0.2) is 0 Å². The van der Waals surface area contributed by atoms with E-state index in [-0.39, 0.29) is 6.10 Å². The van der Waals surface area contributed by atoms with Gasteiger partial charge >= 0.3 is 6.18 Å². The van der Waals surface area contributed by atoms with Gasteiger partial charge in [0.25, 0.3) is 3.79 Å². The van der Waals surface area contributed by atoms with Gasteiger partial charge in [-0.15, -0.1) is 0 Å². The van der Waals surface area contributed by atoms with Crippen molar-refractivity contribution in [3.05, 3.63) is 10.1 Å². The molecule has 16 heavy (non-hydrogen) atoms. The molecule has 0 atom stereocenters. The molecule has 0 aliphatic heterocycles. The highest BCUT2D eigenvalue weighted by Gasteiger charge is 2.51. The summed E-state index contributed by atoms with van der Waals surface area (Å²) in [6.45, 7) is 3.44. The molecule has 0 aromatic heterocycles. The van der Waals surface area contributed by atoms with Gasteiger partial charge in [-0.05, 0) is 13.8 Å². The summed E-state index contributed by atoms with van der Waals surface area (Å²) >= 11 is 13.2. The smallest absolute Gasteiger partial charge is 0.394 e. The average Bonchev–Trinajstić information content (AvgIpc) is 1.76. The number of aliphatic hydroxyl groups is 1. The standard InChI is InChI=1S/C3H8O.C2Cl3F3.CH3NO2/c1-3(2)4;3-1(4,5)2(6,7)8;1-2(3)4/h3-4H,1-2H3;;1H3. The Bertz CT molecular complexity index is 175. The van der Waals surface area contributed by atoms with Crippen molar-refractivity contribution in [1.29, 1.82) is 0 Å². The fourth-order valence-electron chi connectivity index (χ4n) is 0. The van der Waals surface area contributed by atoms with Gasteiger partial charge in [0.2, 0.25) is 0 Å².